The Morgan fingerprint density at radius 3 is 2.57 bits per heavy atom. The Kier molecular flexibility index (Phi) is 6.68. The average molecular weight is 290 g/mol. The number of benzene rings is 1. The van der Waals surface area contributed by atoms with Crippen molar-refractivity contribution >= 4 is 0 Å². The van der Waals surface area contributed by atoms with E-state index in [4.69, 9.17) is 4.74 Å². The first kappa shape index (κ1) is 16.5. The van der Waals surface area contributed by atoms with Crippen LogP contribution in [0.4, 0.5) is 0 Å². The molecule has 0 radical (unpaired) electrons. The molecule has 0 saturated heterocycles. The lowest BCUT2D eigenvalue weighted by Gasteiger charge is -2.27. The van der Waals surface area contributed by atoms with Crippen molar-refractivity contribution in [1.29, 1.82) is 0 Å². The summed E-state index contributed by atoms with van der Waals surface area (Å²) < 4.78 is 5.24. The first-order valence-electron chi connectivity index (χ1n) is 8.24. The zero-order chi connectivity index (χ0) is 15.1. The van der Waals surface area contributed by atoms with Gasteiger partial charge in [0.2, 0.25) is 0 Å². The monoisotopic (exact) mass is 290 g/mol. The minimum Gasteiger partial charge on any atom is -0.383 e. The second-order valence-corrected chi connectivity index (χ2v) is 6.30. The molecule has 0 aromatic heterocycles. The molecule has 1 saturated carbocycles. The van der Waals surface area contributed by atoms with Gasteiger partial charge in [0, 0.05) is 32.3 Å². The highest BCUT2D eigenvalue weighted by Gasteiger charge is 2.20. The molecule has 1 aromatic carbocycles. The van der Waals surface area contributed by atoms with Crippen molar-refractivity contribution in [3.63, 3.8) is 0 Å². The maximum absolute atomic E-state index is 5.24. The highest BCUT2D eigenvalue weighted by Crippen LogP contribution is 2.19. The fourth-order valence-electron chi connectivity index (χ4n) is 2.60. The SMILES string of the molecule is COCCN(Cc1ccccc1CCNC1CC1)C(C)C. The summed E-state index contributed by atoms with van der Waals surface area (Å²) in [5.74, 6) is 0. The van der Waals surface area contributed by atoms with E-state index in [1.807, 2.05) is 0 Å². The lowest BCUT2D eigenvalue weighted by Crippen LogP contribution is -2.33. The molecule has 1 aliphatic carbocycles. The Bertz CT molecular complexity index is 415. The summed E-state index contributed by atoms with van der Waals surface area (Å²) in [5.41, 5.74) is 2.94. The summed E-state index contributed by atoms with van der Waals surface area (Å²) in [7, 11) is 1.77. The number of rotatable bonds is 10. The second kappa shape index (κ2) is 8.52. The Balaban J connectivity index is 1.92. The molecule has 1 aromatic rings. The quantitative estimate of drug-likeness (QED) is 0.717. The van der Waals surface area contributed by atoms with E-state index in [-0.39, 0.29) is 0 Å². The molecular weight excluding hydrogens is 260 g/mol. The number of nitrogens with one attached hydrogen (secondary N) is 1. The van der Waals surface area contributed by atoms with Crippen LogP contribution in [0.3, 0.4) is 0 Å². The van der Waals surface area contributed by atoms with Crippen molar-refractivity contribution in [2.75, 3.05) is 26.8 Å². The van der Waals surface area contributed by atoms with Crippen molar-refractivity contribution in [1.82, 2.24) is 10.2 Å². The number of hydrogen-bond acceptors (Lipinski definition) is 3. The van der Waals surface area contributed by atoms with E-state index in [2.05, 4.69) is 48.3 Å². The average Bonchev–Trinajstić information content (AvgIpc) is 3.29. The lowest BCUT2D eigenvalue weighted by atomic mass is 10.0. The van der Waals surface area contributed by atoms with Crippen LogP contribution in [0, 0.1) is 0 Å². The number of hydrogen-bond donors (Lipinski definition) is 1. The van der Waals surface area contributed by atoms with Crippen LogP contribution in [0.5, 0.6) is 0 Å². The van der Waals surface area contributed by atoms with E-state index in [0.29, 0.717) is 6.04 Å². The van der Waals surface area contributed by atoms with Gasteiger partial charge in [0.25, 0.3) is 0 Å². The highest BCUT2D eigenvalue weighted by atomic mass is 16.5. The van der Waals surface area contributed by atoms with Gasteiger partial charge in [-0.25, -0.2) is 0 Å². The first-order valence-corrected chi connectivity index (χ1v) is 8.24. The van der Waals surface area contributed by atoms with Crippen LogP contribution in [-0.4, -0.2) is 43.8 Å². The van der Waals surface area contributed by atoms with Gasteiger partial charge in [0.1, 0.15) is 0 Å². The van der Waals surface area contributed by atoms with E-state index in [1.165, 1.54) is 24.0 Å². The Morgan fingerprint density at radius 2 is 1.95 bits per heavy atom. The second-order valence-electron chi connectivity index (χ2n) is 6.30. The normalized spacial score (nSPS) is 15.1. The molecule has 0 unspecified atom stereocenters. The van der Waals surface area contributed by atoms with Gasteiger partial charge in [-0.05, 0) is 50.8 Å². The number of methoxy groups -OCH3 is 1. The summed E-state index contributed by atoms with van der Waals surface area (Å²) in [4.78, 5) is 2.48. The predicted molar refractivity (Wildman–Crippen MR) is 88.6 cm³/mol. The fourth-order valence-corrected chi connectivity index (χ4v) is 2.60. The van der Waals surface area contributed by atoms with Crippen LogP contribution in [0.1, 0.15) is 37.8 Å². The van der Waals surface area contributed by atoms with Gasteiger partial charge >= 0.3 is 0 Å². The van der Waals surface area contributed by atoms with Crippen LogP contribution >= 0.6 is 0 Å². The van der Waals surface area contributed by atoms with Gasteiger partial charge in [-0.1, -0.05) is 24.3 Å². The molecule has 0 spiro atoms. The minimum absolute atomic E-state index is 0.540. The van der Waals surface area contributed by atoms with Crippen LogP contribution in [-0.2, 0) is 17.7 Å². The maximum Gasteiger partial charge on any atom is 0.0589 e. The van der Waals surface area contributed by atoms with Gasteiger partial charge in [0.05, 0.1) is 6.61 Å². The topological polar surface area (TPSA) is 24.5 Å². The van der Waals surface area contributed by atoms with E-state index >= 15 is 0 Å². The fraction of sp³-hybridized carbons (Fsp3) is 0.667. The largest absolute Gasteiger partial charge is 0.383 e. The van der Waals surface area contributed by atoms with Crippen molar-refractivity contribution in [2.45, 2.75) is 51.7 Å². The molecule has 3 nitrogen and oxygen atoms in total. The summed E-state index contributed by atoms with van der Waals surface area (Å²) in [5, 5.41) is 3.61. The van der Waals surface area contributed by atoms with E-state index < -0.39 is 0 Å². The number of nitrogens with zero attached hydrogens (tertiary/aromatic N) is 1. The zero-order valence-corrected chi connectivity index (χ0v) is 13.8. The van der Waals surface area contributed by atoms with Crippen LogP contribution in [0.25, 0.3) is 0 Å². The van der Waals surface area contributed by atoms with E-state index in [0.717, 1.165) is 38.7 Å². The standard InChI is InChI=1S/C18H30N2O/c1-15(2)20(12-13-21-3)14-17-7-5-4-6-16(17)10-11-19-18-8-9-18/h4-7,15,18-19H,8-14H2,1-3H3. The maximum atomic E-state index is 5.24. The summed E-state index contributed by atoms with van der Waals surface area (Å²) in [6.07, 6.45) is 3.85. The molecule has 1 N–H and O–H groups in total. The van der Waals surface area contributed by atoms with Crippen molar-refractivity contribution in [3.05, 3.63) is 35.4 Å². The van der Waals surface area contributed by atoms with Crippen LogP contribution < -0.4 is 5.32 Å². The van der Waals surface area contributed by atoms with Crippen LogP contribution in [0.2, 0.25) is 0 Å². The third-order valence-electron chi connectivity index (χ3n) is 4.21. The van der Waals surface area contributed by atoms with Crippen LogP contribution in [0.15, 0.2) is 24.3 Å². The smallest absolute Gasteiger partial charge is 0.0589 e. The zero-order valence-electron chi connectivity index (χ0n) is 13.8. The Labute approximate surface area is 129 Å². The highest BCUT2D eigenvalue weighted by molar-refractivity contribution is 5.27. The summed E-state index contributed by atoms with van der Waals surface area (Å²) in [6, 6.07) is 10.2. The summed E-state index contributed by atoms with van der Waals surface area (Å²) >= 11 is 0. The summed E-state index contributed by atoms with van der Waals surface area (Å²) in [6.45, 7) is 8.41. The van der Waals surface area contributed by atoms with Crippen molar-refractivity contribution in [2.24, 2.45) is 0 Å². The first-order chi connectivity index (χ1) is 10.2. The molecule has 0 atom stereocenters. The third kappa shape index (κ3) is 5.77. The molecule has 0 aliphatic heterocycles. The molecule has 1 fully saturated rings. The molecule has 0 heterocycles. The predicted octanol–water partition coefficient (Wildman–Crippen LogP) is 2.84. The third-order valence-corrected chi connectivity index (χ3v) is 4.21. The Morgan fingerprint density at radius 1 is 1.24 bits per heavy atom. The van der Waals surface area contributed by atoms with Gasteiger partial charge in [0.15, 0.2) is 0 Å². The molecule has 1 aliphatic rings. The van der Waals surface area contributed by atoms with Gasteiger partial charge in [-0.2, -0.15) is 0 Å². The number of ether oxygens (including phenoxy) is 1. The molecule has 0 bridgehead atoms. The molecule has 3 heteroatoms. The molecular formula is C18H30N2O. The van der Waals surface area contributed by atoms with Gasteiger partial charge in [-0.15, -0.1) is 0 Å². The van der Waals surface area contributed by atoms with Crippen molar-refractivity contribution in [3.8, 4) is 0 Å². The lowest BCUT2D eigenvalue weighted by molar-refractivity contribution is 0.125. The van der Waals surface area contributed by atoms with E-state index in [1.54, 1.807) is 7.11 Å². The van der Waals surface area contributed by atoms with E-state index in [9.17, 15) is 0 Å². The minimum atomic E-state index is 0.540. The molecule has 0 amide bonds. The molecule has 2 rings (SSSR count). The molecule has 21 heavy (non-hydrogen) atoms. The van der Waals surface area contributed by atoms with Gasteiger partial charge in [-0.3, -0.25) is 4.90 Å². The Hall–Kier alpha value is -0.900. The molecule has 118 valence electrons. The van der Waals surface area contributed by atoms with Gasteiger partial charge < -0.3 is 10.1 Å². The van der Waals surface area contributed by atoms with Crippen molar-refractivity contribution < 1.29 is 4.74 Å².